The fourth-order valence-electron chi connectivity index (χ4n) is 1.37. The van der Waals surface area contributed by atoms with Crippen LogP contribution in [0.5, 0.6) is 0 Å². The second-order valence-electron chi connectivity index (χ2n) is 5.56. The van der Waals surface area contributed by atoms with Crippen molar-refractivity contribution in [3.63, 3.8) is 0 Å². The third kappa shape index (κ3) is 5.09. The predicted molar refractivity (Wildman–Crippen MR) is 75.9 cm³/mol. The molecular formula is C14H21N3O2. The SMILES string of the molecule is C[C@H](N)C(=O)Nc1ccc(C(=O)NC(C)(C)C)cc1. The fraction of sp³-hybridized carbons (Fsp3) is 0.429. The third-order valence-corrected chi connectivity index (χ3v) is 2.32. The van der Waals surface area contributed by atoms with Crippen molar-refractivity contribution < 1.29 is 9.59 Å². The molecule has 4 N–H and O–H groups in total. The number of anilines is 1. The molecule has 1 aromatic rings. The number of rotatable bonds is 3. The van der Waals surface area contributed by atoms with Gasteiger partial charge in [-0.05, 0) is 52.0 Å². The molecule has 0 radical (unpaired) electrons. The molecule has 2 amide bonds. The number of nitrogens with one attached hydrogen (secondary N) is 2. The van der Waals surface area contributed by atoms with E-state index in [1.807, 2.05) is 20.8 Å². The summed E-state index contributed by atoms with van der Waals surface area (Å²) in [6.07, 6.45) is 0. The van der Waals surface area contributed by atoms with Crippen LogP contribution in [0.2, 0.25) is 0 Å². The number of carbonyl (C=O) groups is 2. The van der Waals surface area contributed by atoms with Crippen molar-refractivity contribution >= 4 is 17.5 Å². The van der Waals surface area contributed by atoms with Crippen molar-refractivity contribution in [2.45, 2.75) is 39.3 Å². The maximum atomic E-state index is 11.9. The molecule has 19 heavy (non-hydrogen) atoms. The van der Waals surface area contributed by atoms with E-state index in [1.54, 1.807) is 31.2 Å². The van der Waals surface area contributed by atoms with Gasteiger partial charge in [0.1, 0.15) is 0 Å². The molecule has 1 atom stereocenters. The molecule has 0 spiro atoms. The van der Waals surface area contributed by atoms with Crippen LogP contribution in [-0.4, -0.2) is 23.4 Å². The van der Waals surface area contributed by atoms with Gasteiger partial charge in [0, 0.05) is 16.8 Å². The molecule has 0 aliphatic heterocycles. The van der Waals surface area contributed by atoms with Gasteiger partial charge < -0.3 is 16.4 Å². The molecule has 0 saturated heterocycles. The number of benzene rings is 1. The van der Waals surface area contributed by atoms with Gasteiger partial charge in [0.15, 0.2) is 0 Å². The smallest absolute Gasteiger partial charge is 0.251 e. The highest BCUT2D eigenvalue weighted by molar-refractivity contribution is 5.97. The molecular weight excluding hydrogens is 242 g/mol. The monoisotopic (exact) mass is 263 g/mol. The van der Waals surface area contributed by atoms with Crippen LogP contribution in [-0.2, 0) is 4.79 Å². The van der Waals surface area contributed by atoms with E-state index in [9.17, 15) is 9.59 Å². The van der Waals surface area contributed by atoms with Crippen molar-refractivity contribution in [2.75, 3.05) is 5.32 Å². The lowest BCUT2D eigenvalue weighted by Crippen LogP contribution is -2.40. The highest BCUT2D eigenvalue weighted by Crippen LogP contribution is 2.11. The summed E-state index contributed by atoms with van der Waals surface area (Å²) >= 11 is 0. The van der Waals surface area contributed by atoms with Crippen molar-refractivity contribution in [3.8, 4) is 0 Å². The minimum atomic E-state index is -0.566. The molecule has 1 aromatic carbocycles. The Morgan fingerprint density at radius 3 is 2.11 bits per heavy atom. The molecule has 0 aliphatic carbocycles. The normalized spacial score (nSPS) is 12.7. The van der Waals surface area contributed by atoms with E-state index < -0.39 is 6.04 Å². The van der Waals surface area contributed by atoms with Crippen molar-refractivity contribution in [1.29, 1.82) is 0 Å². The number of amides is 2. The van der Waals surface area contributed by atoms with Gasteiger partial charge in [-0.25, -0.2) is 0 Å². The molecule has 5 nitrogen and oxygen atoms in total. The molecule has 0 bridgehead atoms. The summed E-state index contributed by atoms with van der Waals surface area (Å²) in [5.41, 5.74) is 6.35. The molecule has 5 heteroatoms. The molecule has 0 aromatic heterocycles. The van der Waals surface area contributed by atoms with Gasteiger partial charge in [-0.15, -0.1) is 0 Å². The first-order chi connectivity index (χ1) is 8.69. The zero-order valence-corrected chi connectivity index (χ0v) is 11.8. The standard InChI is InChI=1S/C14H21N3O2/c1-9(15)12(18)16-11-7-5-10(6-8-11)13(19)17-14(2,3)4/h5-9H,15H2,1-4H3,(H,16,18)(H,17,19)/t9-/m0/s1. The van der Waals surface area contributed by atoms with Crippen LogP contribution < -0.4 is 16.4 Å². The minimum absolute atomic E-state index is 0.141. The zero-order valence-electron chi connectivity index (χ0n) is 11.8. The summed E-state index contributed by atoms with van der Waals surface area (Å²) in [5, 5.41) is 5.53. The lowest BCUT2D eigenvalue weighted by Gasteiger charge is -2.20. The maximum Gasteiger partial charge on any atom is 0.251 e. The first-order valence-electron chi connectivity index (χ1n) is 6.18. The molecule has 0 fully saturated rings. The largest absolute Gasteiger partial charge is 0.347 e. The van der Waals surface area contributed by atoms with Gasteiger partial charge in [0.2, 0.25) is 5.91 Å². The number of hydrogen-bond acceptors (Lipinski definition) is 3. The molecule has 0 heterocycles. The summed E-state index contributed by atoms with van der Waals surface area (Å²) in [7, 11) is 0. The second kappa shape index (κ2) is 5.84. The Morgan fingerprint density at radius 2 is 1.68 bits per heavy atom. The van der Waals surface area contributed by atoms with Crippen LogP contribution in [0.4, 0.5) is 5.69 Å². The van der Waals surface area contributed by atoms with Gasteiger partial charge in [-0.1, -0.05) is 0 Å². The van der Waals surface area contributed by atoms with E-state index in [1.165, 1.54) is 0 Å². The number of carbonyl (C=O) groups excluding carboxylic acids is 2. The summed E-state index contributed by atoms with van der Waals surface area (Å²) in [6.45, 7) is 7.37. The van der Waals surface area contributed by atoms with Crippen LogP contribution in [0.3, 0.4) is 0 Å². The minimum Gasteiger partial charge on any atom is -0.347 e. The highest BCUT2D eigenvalue weighted by atomic mass is 16.2. The van der Waals surface area contributed by atoms with Gasteiger partial charge in [-0.3, -0.25) is 9.59 Å². The Bertz CT molecular complexity index is 459. The average molecular weight is 263 g/mol. The molecule has 104 valence electrons. The van der Waals surface area contributed by atoms with Crippen LogP contribution >= 0.6 is 0 Å². The van der Waals surface area contributed by atoms with Crippen LogP contribution in [0.25, 0.3) is 0 Å². The second-order valence-corrected chi connectivity index (χ2v) is 5.56. The van der Waals surface area contributed by atoms with E-state index in [0.29, 0.717) is 11.3 Å². The van der Waals surface area contributed by atoms with Gasteiger partial charge in [0.25, 0.3) is 5.91 Å². The topological polar surface area (TPSA) is 84.2 Å². The third-order valence-electron chi connectivity index (χ3n) is 2.32. The average Bonchev–Trinajstić information content (AvgIpc) is 2.27. The summed E-state index contributed by atoms with van der Waals surface area (Å²) in [5.74, 6) is -0.399. The van der Waals surface area contributed by atoms with Crippen molar-refractivity contribution in [3.05, 3.63) is 29.8 Å². The van der Waals surface area contributed by atoms with E-state index in [4.69, 9.17) is 5.73 Å². The first-order valence-corrected chi connectivity index (χ1v) is 6.18. The Balaban J connectivity index is 2.71. The predicted octanol–water partition coefficient (Wildman–Crippen LogP) is 1.50. The highest BCUT2D eigenvalue weighted by Gasteiger charge is 2.15. The molecule has 0 saturated carbocycles. The van der Waals surface area contributed by atoms with E-state index in [-0.39, 0.29) is 17.4 Å². The van der Waals surface area contributed by atoms with Gasteiger partial charge in [0.05, 0.1) is 6.04 Å². The van der Waals surface area contributed by atoms with E-state index >= 15 is 0 Å². The fourth-order valence-corrected chi connectivity index (χ4v) is 1.37. The Kier molecular flexibility index (Phi) is 4.67. The number of nitrogens with two attached hydrogens (primary N) is 1. The summed E-state index contributed by atoms with van der Waals surface area (Å²) in [4.78, 5) is 23.3. The lowest BCUT2D eigenvalue weighted by molar-refractivity contribution is -0.117. The summed E-state index contributed by atoms with van der Waals surface area (Å²) in [6, 6.07) is 6.12. The van der Waals surface area contributed by atoms with E-state index in [0.717, 1.165) is 0 Å². The number of hydrogen-bond donors (Lipinski definition) is 3. The maximum absolute atomic E-state index is 11.9. The van der Waals surface area contributed by atoms with Crippen LogP contribution in [0.1, 0.15) is 38.1 Å². The van der Waals surface area contributed by atoms with Gasteiger partial charge in [-0.2, -0.15) is 0 Å². The van der Waals surface area contributed by atoms with Gasteiger partial charge >= 0.3 is 0 Å². The Morgan fingerprint density at radius 1 is 1.16 bits per heavy atom. The molecule has 1 rings (SSSR count). The van der Waals surface area contributed by atoms with Crippen LogP contribution in [0, 0.1) is 0 Å². The molecule has 0 aliphatic rings. The zero-order chi connectivity index (χ0) is 14.6. The Hall–Kier alpha value is -1.88. The summed E-state index contributed by atoms with van der Waals surface area (Å²) < 4.78 is 0. The van der Waals surface area contributed by atoms with Crippen molar-refractivity contribution in [1.82, 2.24) is 5.32 Å². The van der Waals surface area contributed by atoms with E-state index in [2.05, 4.69) is 10.6 Å². The Labute approximate surface area is 113 Å². The van der Waals surface area contributed by atoms with Crippen LogP contribution in [0.15, 0.2) is 24.3 Å². The van der Waals surface area contributed by atoms with Crippen molar-refractivity contribution in [2.24, 2.45) is 5.73 Å². The molecule has 0 unspecified atom stereocenters. The first kappa shape index (κ1) is 15.2. The quantitative estimate of drug-likeness (QED) is 0.772. The lowest BCUT2D eigenvalue weighted by atomic mass is 10.1.